The van der Waals surface area contributed by atoms with Crippen LogP contribution in [0.5, 0.6) is 0 Å². The van der Waals surface area contributed by atoms with Gasteiger partial charge in [0.05, 0.1) is 0 Å². The average Bonchev–Trinajstić information content (AvgIpc) is 2.47. The Kier molecular flexibility index (Phi) is 2.44. The lowest BCUT2D eigenvalue weighted by Gasteiger charge is -2.19. The number of halogens is 1. The van der Waals surface area contributed by atoms with E-state index in [9.17, 15) is 4.39 Å². The van der Waals surface area contributed by atoms with Gasteiger partial charge in [-0.2, -0.15) is 5.10 Å². The molecule has 0 amide bonds. The van der Waals surface area contributed by atoms with E-state index in [-0.39, 0.29) is 17.6 Å². The molecule has 14 heavy (non-hydrogen) atoms. The molecular formula is C10H16FN3. The highest BCUT2D eigenvalue weighted by atomic mass is 19.1. The number of rotatable bonds is 1. The number of anilines is 1. The van der Waals surface area contributed by atoms with Crippen LogP contribution in [0.15, 0.2) is 0 Å². The third kappa shape index (κ3) is 1.49. The van der Waals surface area contributed by atoms with Crippen molar-refractivity contribution in [3.8, 4) is 0 Å². The van der Waals surface area contributed by atoms with Crippen LogP contribution in [0.25, 0.3) is 0 Å². The molecule has 1 fully saturated rings. The van der Waals surface area contributed by atoms with E-state index in [4.69, 9.17) is 5.73 Å². The molecule has 0 radical (unpaired) electrons. The van der Waals surface area contributed by atoms with Gasteiger partial charge < -0.3 is 5.73 Å². The largest absolute Gasteiger partial charge is 0.381 e. The van der Waals surface area contributed by atoms with E-state index >= 15 is 0 Å². The Morgan fingerprint density at radius 2 is 2.00 bits per heavy atom. The summed E-state index contributed by atoms with van der Waals surface area (Å²) in [7, 11) is 1.69. The second-order valence-electron chi connectivity index (χ2n) is 4.04. The molecule has 0 spiro atoms. The van der Waals surface area contributed by atoms with Crippen molar-refractivity contribution in [1.29, 1.82) is 0 Å². The molecule has 1 aromatic rings. The Balaban J connectivity index is 2.26. The normalized spacial score (nSPS) is 18.7. The van der Waals surface area contributed by atoms with E-state index in [2.05, 4.69) is 5.10 Å². The maximum absolute atomic E-state index is 13.6. The summed E-state index contributed by atoms with van der Waals surface area (Å²) in [5.74, 6) is 0.136. The van der Waals surface area contributed by atoms with Crippen LogP contribution in [0.4, 0.5) is 10.2 Å². The molecule has 2 rings (SSSR count). The first kappa shape index (κ1) is 9.49. The van der Waals surface area contributed by atoms with E-state index in [0.717, 1.165) is 12.8 Å². The van der Waals surface area contributed by atoms with Gasteiger partial charge in [0.2, 0.25) is 0 Å². The van der Waals surface area contributed by atoms with Gasteiger partial charge in [0.25, 0.3) is 0 Å². The Morgan fingerprint density at radius 1 is 1.36 bits per heavy atom. The summed E-state index contributed by atoms with van der Waals surface area (Å²) in [5, 5.41) is 4.15. The Bertz CT molecular complexity index is 326. The molecule has 2 N–H and O–H groups in total. The van der Waals surface area contributed by atoms with Crippen LogP contribution in [-0.2, 0) is 7.05 Å². The SMILES string of the molecule is Cn1nc(C2CCCCC2)c(F)c1N. The Morgan fingerprint density at radius 3 is 2.50 bits per heavy atom. The molecule has 78 valence electrons. The molecule has 1 aliphatic carbocycles. The summed E-state index contributed by atoms with van der Waals surface area (Å²) >= 11 is 0. The molecule has 0 aliphatic heterocycles. The molecule has 1 aliphatic rings. The zero-order valence-electron chi connectivity index (χ0n) is 8.46. The highest BCUT2D eigenvalue weighted by Crippen LogP contribution is 2.34. The maximum atomic E-state index is 13.6. The van der Waals surface area contributed by atoms with Gasteiger partial charge in [0.1, 0.15) is 5.69 Å². The summed E-state index contributed by atoms with van der Waals surface area (Å²) in [5.41, 5.74) is 6.11. The lowest BCUT2D eigenvalue weighted by molar-refractivity contribution is 0.421. The fourth-order valence-electron chi connectivity index (χ4n) is 2.17. The maximum Gasteiger partial charge on any atom is 0.188 e. The first-order valence-corrected chi connectivity index (χ1v) is 5.18. The predicted molar refractivity (Wildman–Crippen MR) is 53.4 cm³/mol. The molecule has 0 unspecified atom stereocenters. The number of hydrogen-bond donors (Lipinski definition) is 1. The number of nitrogens with two attached hydrogens (primary N) is 1. The van der Waals surface area contributed by atoms with Gasteiger partial charge in [-0.05, 0) is 12.8 Å². The Hall–Kier alpha value is -1.06. The lowest BCUT2D eigenvalue weighted by atomic mass is 9.87. The van der Waals surface area contributed by atoms with Gasteiger partial charge in [0.15, 0.2) is 11.6 Å². The first-order valence-electron chi connectivity index (χ1n) is 5.18. The van der Waals surface area contributed by atoms with Crippen LogP contribution >= 0.6 is 0 Å². The van der Waals surface area contributed by atoms with Gasteiger partial charge in [-0.25, -0.2) is 4.39 Å². The van der Waals surface area contributed by atoms with Crippen molar-refractivity contribution in [3.63, 3.8) is 0 Å². The topological polar surface area (TPSA) is 43.8 Å². The van der Waals surface area contributed by atoms with Gasteiger partial charge in [-0.3, -0.25) is 4.68 Å². The van der Waals surface area contributed by atoms with Crippen molar-refractivity contribution < 1.29 is 4.39 Å². The van der Waals surface area contributed by atoms with E-state index in [1.807, 2.05) is 0 Å². The van der Waals surface area contributed by atoms with Crippen molar-refractivity contribution in [2.24, 2.45) is 7.05 Å². The Labute approximate surface area is 83.1 Å². The van der Waals surface area contributed by atoms with Crippen LogP contribution in [0, 0.1) is 5.82 Å². The molecule has 0 bridgehead atoms. The van der Waals surface area contributed by atoms with E-state index < -0.39 is 0 Å². The third-order valence-electron chi connectivity index (χ3n) is 3.05. The van der Waals surface area contributed by atoms with E-state index in [1.165, 1.54) is 23.9 Å². The van der Waals surface area contributed by atoms with Crippen molar-refractivity contribution in [2.75, 3.05) is 5.73 Å². The van der Waals surface area contributed by atoms with Gasteiger partial charge in [0, 0.05) is 13.0 Å². The van der Waals surface area contributed by atoms with Gasteiger partial charge in [-0.1, -0.05) is 19.3 Å². The van der Waals surface area contributed by atoms with Crippen molar-refractivity contribution in [1.82, 2.24) is 9.78 Å². The zero-order chi connectivity index (χ0) is 10.1. The van der Waals surface area contributed by atoms with Crippen LogP contribution in [0.2, 0.25) is 0 Å². The van der Waals surface area contributed by atoms with Crippen molar-refractivity contribution >= 4 is 5.82 Å². The molecule has 0 atom stereocenters. The van der Waals surface area contributed by atoms with Gasteiger partial charge >= 0.3 is 0 Å². The first-order chi connectivity index (χ1) is 6.70. The van der Waals surface area contributed by atoms with E-state index in [0.29, 0.717) is 5.69 Å². The average molecular weight is 197 g/mol. The third-order valence-corrected chi connectivity index (χ3v) is 3.05. The lowest BCUT2D eigenvalue weighted by Crippen LogP contribution is -2.07. The van der Waals surface area contributed by atoms with Crippen molar-refractivity contribution in [2.45, 2.75) is 38.0 Å². The number of hydrogen-bond acceptors (Lipinski definition) is 2. The monoisotopic (exact) mass is 197 g/mol. The quantitative estimate of drug-likeness (QED) is 0.750. The second kappa shape index (κ2) is 3.59. The summed E-state index contributed by atoms with van der Waals surface area (Å²) in [4.78, 5) is 0. The minimum Gasteiger partial charge on any atom is -0.381 e. The fraction of sp³-hybridized carbons (Fsp3) is 0.700. The molecule has 1 aromatic heterocycles. The van der Waals surface area contributed by atoms with Crippen LogP contribution in [0.3, 0.4) is 0 Å². The van der Waals surface area contributed by atoms with Crippen LogP contribution in [-0.4, -0.2) is 9.78 Å². The highest BCUT2D eigenvalue weighted by Gasteiger charge is 2.24. The summed E-state index contributed by atoms with van der Waals surface area (Å²) in [6, 6.07) is 0. The minimum atomic E-state index is -0.306. The molecular weight excluding hydrogens is 181 g/mol. The number of aromatic nitrogens is 2. The van der Waals surface area contributed by atoms with E-state index in [1.54, 1.807) is 7.05 Å². The number of nitrogens with zero attached hydrogens (tertiary/aromatic N) is 2. The highest BCUT2D eigenvalue weighted by molar-refractivity contribution is 5.34. The summed E-state index contributed by atoms with van der Waals surface area (Å²) in [6.45, 7) is 0. The van der Waals surface area contributed by atoms with Crippen LogP contribution in [0.1, 0.15) is 43.7 Å². The smallest absolute Gasteiger partial charge is 0.188 e. The molecule has 3 nitrogen and oxygen atoms in total. The molecule has 0 aromatic carbocycles. The summed E-state index contributed by atoms with van der Waals surface area (Å²) < 4.78 is 15.0. The minimum absolute atomic E-state index is 0.158. The molecule has 4 heteroatoms. The second-order valence-corrected chi connectivity index (χ2v) is 4.04. The molecule has 0 saturated heterocycles. The molecule has 1 saturated carbocycles. The standard InChI is InChI=1S/C10H16FN3/c1-14-10(12)8(11)9(13-14)7-5-3-2-4-6-7/h7H,2-6,12H2,1H3. The van der Waals surface area contributed by atoms with Crippen molar-refractivity contribution in [3.05, 3.63) is 11.5 Å². The van der Waals surface area contributed by atoms with Crippen LogP contribution < -0.4 is 5.73 Å². The number of aryl methyl sites for hydroxylation is 1. The number of nitrogen functional groups attached to an aromatic ring is 1. The fourth-order valence-corrected chi connectivity index (χ4v) is 2.17. The molecule has 1 heterocycles. The summed E-state index contributed by atoms with van der Waals surface area (Å²) in [6.07, 6.45) is 5.72. The zero-order valence-corrected chi connectivity index (χ0v) is 8.46. The predicted octanol–water partition coefficient (Wildman–Crippen LogP) is 2.19. The van der Waals surface area contributed by atoms with Gasteiger partial charge in [-0.15, -0.1) is 0 Å².